The average molecular weight is 153 g/mol. The lowest BCUT2D eigenvalue weighted by Crippen LogP contribution is -1.85. The molecule has 2 rings (SSSR count). The number of hydrogen-bond donors (Lipinski definition) is 1. The maximum atomic E-state index is 5.25. The number of nitrogens with zero attached hydrogens (tertiary/aromatic N) is 2. The minimum absolute atomic E-state index is 0.514. The van der Waals surface area contributed by atoms with E-state index in [4.69, 9.17) is 4.42 Å². The predicted octanol–water partition coefficient (Wildman–Crippen LogP) is 1.06. The van der Waals surface area contributed by atoms with Crippen molar-refractivity contribution in [2.75, 3.05) is 12.4 Å². The minimum Gasteiger partial charge on any atom is -0.408 e. The highest BCUT2D eigenvalue weighted by molar-refractivity contribution is 5.14. The molecular formula is C7H11N3O. The number of anilines is 1. The molecule has 1 saturated carbocycles. The molecule has 0 unspecified atom stereocenters. The molecule has 11 heavy (non-hydrogen) atoms. The van der Waals surface area contributed by atoms with Crippen LogP contribution in [0.15, 0.2) is 4.42 Å². The topological polar surface area (TPSA) is 51.0 Å². The fourth-order valence-electron chi connectivity index (χ4n) is 1.01. The molecule has 0 atom stereocenters. The second-order valence-corrected chi connectivity index (χ2v) is 2.90. The molecule has 0 amide bonds. The monoisotopic (exact) mass is 153 g/mol. The fraction of sp³-hybridized carbons (Fsp3) is 0.714. The molecule has 1 aromatic heterocycles. The Morgan fingerprint density at radius 3 is 2.91 bits per heavy atom. The van der Waals surface area contributed by atoms with Gasteiger partial charge in [0, 0.05) is 13.5 Å². The van der Waals surface area contributed by atoms with E-state index >= 15 is 0 Å². The summed E-state index contributed by atoms with van der Waals surface area (Å²) in [4.78, 5) is 0. The third-order valence-corrected chi connectivity index (χ3v) is 1.84. The summed E-state index contributed by atoms with van der Waals surface area (Å²) < 4.78 is 5.25. The van der Waals surface area contributed by atoms with Crippen molar-refractivity contribution in [3.05, 3.63) is 5.89 Å². The number of hydrogen-bond acceptors (Lipinski definition) is 4. The van der Waals surface area contributed by atoms with E-state index in [0.29, 0.717) is 6.01 Å². The summed E-state index contributed by atoms with van der Waals surface area (Å²) in [6.07, 6.45) is 3.59. The van der Waals surface area contributed by atoms with Gasteiger partial charge >= 0.3 is 6.01 Å². The summed E-state index contributed by atoms with van der Waals surface area (Å²) in [5.41, 5.74) is 0. The van der Waals surface area contributed by atoms with Crippen molar-refractivity contribution in [1.29, 1.82) is 0 Å². The zero-order chi connectivity index (χ0) is 7.68. The Morgan fingerprint density at radius 2 is 2.36 bits per heavy atom. The standard InChI is InChI=1S/C7H11N3O/c1-8-7-10-9-6(11-7)4-5-2-3-5/h5H,2-4H2,1H3,(H,8,10). The van der Waals surface area contributed by atoms with E-state index < -0.39 is 0 Å². The van der Waals surface area contributed by atoms with Crippen molar-refractivity contribution in [3.8, 4) is 0 Å². The summed E-state index contributed by atoms with van der Waals surface area (Å²) in [6, 6.07) is 0.514. The van der Waals surface area contributed by atoms with Crippen LogP contribution >= 0.6 is 0 Å². The van der Waals surface area contributed by atoms with E-state index in [1.54, 1.807) is 7.05 Å². The van der Waals surface area contributed by atoms with Gasteiger partial charge in [0.25, 0.3) is 0 Å². The van der Waals surface area contributed by atoms with Crippen molar-refractivity contribution < 1.29 is 4.42 Å². The molecule has 1 aliphatic rings. The number of nitrogens with one attached hydrogen (secondary N) is 1. The summed E-state index contributed by atoms with van der Waals surface area (Å²) >= 11 is 0. The molecule has 0 bridgehead atoms. The molecule has 1 aliphatic carbocycles. The van der Waals surface area contributed by atoms with Crippen LogP contribution in [0.3, 0.4) is 0 Å². The van der Waals surface area contributed by atoms with Gasteiger partial charge in [-0.1, -0.05) is 5.10 Å². The predicted molar refractivity (Wildman–Crippen MR) is 40.3 cm³/mol. The van der Waals surface area contributed by atoms with E-state index in [-0.39, 0.29) is 0 Å². The van der Waals surface area contributed by atoms with E-state index in [0.717, 1.165) is 18.2 Å². The summed E-state index contributed by atoms with van der Waals surface area (Å²) in [6.45, 7) is 0. The largest absolute Gasteiger partial charge is 0.408 e. The van der Waals surface area contributed by atoms with Gasteiger partial charge in [0.2, 0.25) is 5.89 Å². The van der Waals surface area contributed by atoms with Gasteiger partial charge in [-0.25, -0.2) is 0 Å². The van der Waals surface area contributed by atoms with Gasteiger partial charge in [0.15, 0.2) is 0 Å². The number of aromatic nitrogens is 2. The molecule has 4 heteroatoms. The van der Waals surface area contributed by atoms with Crippen LogP contribution in [0.5, 0.6) is 0 Å². The fourth-order valence-corrected chi connectivity index (χ4v) is 1.01. The van der Waals surface area contributed by atoms with Crippen molar-refractivity contribution in [2.24, 2.45) is 5.92 Å². The van der Waals surface area contributed by atoms with Gasteiger partial charge in [0.1, 0.15) is 0 Å². The molecule has 60 valence electrons. The molecule has 0 aromatic carbocycles. The Balaban J connectivity index is 1.99. The third kappa shape index (κ3) is 1.50. The van der Waals surface area contributed by atoms with Crippen molar-refractivity contribution >= 4 is 6.01 Å². The van der Waals surface area contributed by atoms with Gasteiger partial charge in [-0.3, -0.25) is 0 Å². The van der Waals surface area contributed by atoms with Crippen LogP contribution in [0.2, 0.25) is 0 Å². The lowest BCUT2D eigenvalue weighted by atomic mass is 10.3. The Morgan fingerprint density at radius 1 is 1.55 bits per heavy atom. The highest BCUT2D eigenvalue weighted by Crippen LogP contribution is 2.32. The van der Waals surface area contributed by atoms with Crippen molar-refractivity contribution in [3.63, 3.8) is 0 Å². The average Bonchev–Trinajstić information content (AvgIpc) is 2.68. The molecule has 1 heterocycles. The lowest BCUT2D eigenvalue weighted by molar-refractivity contribution is 0.494. The first-order chi connectivity index (χ1) is 5.38. The lowest BCUT2D eigenvalue weighted by Gasteiger charge is -1.88. The van der Waals surface area contributed by atoms with Gasteiger partial charge in [-0.05, 0) is 18.8 Å². The van der Waals surface area contributed by atoms with Crippen LogP contribution in [0, 0.1) is 5.92 Å². The van der Waals surface area contributed by atoms with E-state index in [2.05, 4.69) is 15.5 Å². The summed E-state index contributed by atoms with van der Waals surface area (Å²) in [5.74, 6) is 1.57. The maximum Gasteiger partial charge on any atom is 0.315 e. The van der Waals surface area contributed by atoms with Crippen molar-refractivity contribution in [1.82, 2.24) is 10.2 Å². The zero-order valence-corrected chi connectivity index (χ0v) is 6.50. The first-order valence-corrected chi connectivity index (χ1v) is 3.88. The Bertz CT molecular complexity index is 242. The second-order valence-electron chi connectivity index (χ2n) is 2.90. The van der Waals surface area contributed by atoms with Crippen LogP contribution in [0.25, 0.3) is 0 Å². The van der Waals surface area contributed by atoms with Crippen LogP contribution in [-0.2, 0) is 6.42 Å². The Kier molecular flexibility index (Phi) is 1.52. The molecule has 1 aromatic rings. The van der Waals surface area contributed by atoms with E-state index in [9.17, 15) is 0 Å². The molecule has 0 saturated heterocycles. The third-order valence-electron chi connectivity index (χ3n) is 1.84. The first-order valence-electron chi connectivity index (χ1n) is 3.88. The molecular weight excluding hydrogens is 142 g/mol. The van der Waals surface area contributed by atoms with Crippen molar-refractivity contribution in [2.45, 2.75) is 19.3 Å². The zero-order valence-electron chi connectivity index (χ0n) is 6.50. The molecule has 0 spiro atoms. The quantitative estimate of drug-likeness (QED) is 0.705. The van der Waals surface area contributed by atoms with E-state index in [1.807, 2.05) is 0 Å². The second kappa shape index (κ2) is 2.53. The molecule has 0 radical (unpaired) electrons. The van der Waals surface area contributed by atoms with Gasteiger partial charge in [-0.15, -0.1) is 5.10 Å². The van der Waals surface area contributed by atoms with E-state index in [1.165, 1.54) is 12.8 Å². The summed E-state index contributed by atoms with van der Waals surface area (Å²) in [5, 5.41) is 10.5. The van der Waals surface area contributed by atoms with Gasteiger partial charge in [0.05, 0.1) is 0 Å². The first kappa shape index (κ1) is 6.64. The van der Waals surface area contributed by atoms with Crippen LogP contribution in [0.4, 0.5) is 6.01 Å². The Hall–Kier alpha value is -1.06. The molecule has 1 N–H and O–H groups in total. The highest BCUT2D eigenvalue weighted by Gasteiger charge is 2.24. The summed E-state index contributed by atoms with van der Waals surface area (Å²) in [7, 11) is 1.77. The Labute approximate surface area is 65.0 Å². The molecule has 4 nitrogen and oxygen atoms in total. The molecule has 0 aliphatic heterocycles. The number of rotatable bonds is 3. The van der Waals surface area contributed by atoms with Crippen LogP contribution < -0.4 is 5.32 Å². The van der Waals surface area contributed by atoms with Crippen LogP contribution in [0.1, 0.15) is 18.7 Å². The highest BCUT2D eigenvalue weighted by atomic mass is 16.4. The van der Waals surface area contributed by atoms with Gasteiger partial charge in [-0.2, -0.15) is 0 Å². The van der Waals surface area contributed by atoms with Gasteiger partial charge < -0.3 is 9.73 Å². The SMILES string of the molecule is CNc1nnc(CC2CC2)o1. The normalized spacial score (nSPS) is 16.8. The minimum atomic E-state index is 0.514. The maximum absolute atomic E-state index is 5.25. The molecule has 1 fully saturated rings. The van der Waals surface area contributed by atoms with Crippen LogP contribution in [-0.4, -0.2) is 17.2 Å². The smallest absolute Gasteiger partial charge is 0.315 e.